The first kappa shape index (κ1) is 15.0. The van der Waals surface area contributed by atoms with Gasteiger partial charge in [0.15, 0.2) is 5.75 Å². The monoisotopic (exact) mass is 300 g/mol. The molecule has 0 amide bonds. The largest absolute Gasteiger partial charge is 0.494 e. The fourth-order valence-corrected chi connectivity index (χ4v) is 3.79. The average molecular weight is 301 g/mol. The maximum atomic E-state index is 6.33. The number of nitrogens with zero attached hydrogens (tertiary/aromatic N) is 1. The summed E-state index contributed by atoms with van der Waals surface area (Å²) in [5, 5.41) is 0.689. The van der Waals surface area contributed by atoms with Crippen molar-refractivity contribution in [3.05, 3.63) is 22.7 Å². The Morgan fingerprint density at radius 1 is 1.53 bits per heavy atom. The van der Waals surface area contributed by atoms with Crippen LogP contribution in [0.5, 0.6) is 5.75 Å². The lowest BCUT2D eigenvalue weighted by Gasteiger charge is -2.21. The summed E-state index contributed by atoms with van der Waals surface area (Å²) in [6.45, 7) is 1.81. The predicted molar refractivity (Wildman–Crippen MR) is 82.3 cm³/mol. The number of methoxy groups -OCH3 is 1. The number of benzene rings is 1. The highest BCUT2D eigenvalue weighted by Gasteiger charge is 2.30. The highest BCUT2D eigenvalue weighted by atomic mass is 35.5. The van der Waals surface area contributed by atoms with Crippen molar-refractivity contribution in [1.82, 2.24) is 4.90 Å². The lowest BCUT2D eigenvalue weighted by atomic mass is 10.00. The van der Waals surface area contributed by atoms with Crippen LogP contribution in [0.25, 0.3) is 0 Å². The molecule has 2 unspecified atom stereocenters. The van der Waals surface area contributed by atoms with Gasteiger partial charge in [0.25, 0.3) is 0 Å². The van der Waals surface area contributed by atoms with E-state index in [0.717, 1.165) is 30.2 Å². The molecule has 0 saturated carbocycles. The topological polar surface area (TPSA) is 38.5 Å². The fourth-order valence-electron chi connectivity index (χ4n) is 2.80. The third-order valence-electron chi connectivity index (χ3n) is 3.81. The molecule has 5 heteroatoms. The van der Waals surface area contributed by atoms with E-state index < -0.39 is 0 Å². The van der Waals surface area contributed by atoms with Gasteiger partial charge in [-0.1, -0.05) is 11.6 Å². The number of hydrogen-bond acceptors (Lipinski definition) is 4. The fraction of sp³-hybridized carbons (Fsp3) is 0.571. The maximum Gasteiger partial charge on any atom is 0.150 e. The van der Waals surface area contributed by atoms with Crippen LogP contribution in [0.4, 0.5) is 0 Å². The van der Waals surface area contributed by atoms with Gasteiger partial charge in [0.05, 0.1) is 17.0 Å². The van der Waals surface area contributed by atoms with E-state index in [1.54, 1.807) is 18.9 Å². The molecule has 0 spiro atoms. The smallest absolute Gasteiger partial charge is 0.150 e. The lowest BCUT2D eigenvalue weighted by Crippen LogP contribution is -2.20. The minimum absolute atomic E-state index is 0.405. The summed E-state index contributed by atoms with van der Waals surface area (Å²) in [6, 6.07) is 4.62. The van der Waals surface area contributed by atoms with E-state index in [4.69, 9.17) is 22.1 Å². The second-order valence-corrected chi connectivity index (χ2v) is 6.29. The van der Waals surface area contributed by atoms with Crippen LogP contribution in [-0.4, -0.2) is 38.4 Å². The van der Waals surface area contributed by atoms with Crippen LogP contribution in [-0.2, 0) is 0 Å². The summed E-state index contributed by atoms with van der Waals surface area (Å²) in [5.41, 5.74) is 7.05. The molecule has 1 saturated heterocycles. The molecule has 2 N–H and O–H groups in total. The van der Waals surface area contributed by atoms with E-state index in [-0.39, 0.29) is 0 Å². The number of halogens is 1. The third-order valence-corrected chi connectivity index (χ3v) is 4.83. The minimum atomic E-state index is 0.405. The number of ether oxygens (including phenoxy) is 1. The summed E-state index contributed by atoms with van der Waals surface area (Å²) in [6.07, 6.45) is 3.14. The highest BCUT2D eigenvalue weighted by Crippen LogP contribution is 2.41. The van der Waals surface area contributed by atoms with Gasteiger partial charge in [-0.3, -0.25) is 4.90 Å². The van der Waals surface area contributed by atoms with Crippen molar-refractivity contribution in [3.8, 4) is 5.75 Å². The molecule has 1 aliphatic rings. The van der Waals surface area contributed by atoms with Crippen LogP contribution in [0.3, 0.4) is 0 Å². The van der Waals surface area contributed by atoms with E-state index in [2.05, 4.69) is 18.0 Å². The van der Waals surface area contributed by atoms with Gasteiger partial charge < -0.3 is 10.5 Å². The molecule has 0 radical (unpaired) electrons. The van der Waals surface area contributed by atoms with E-state index in [1.165, 1.54) is 5.56 Å². The number of hydrogen-bond donors (Lipinski definition) is 1. The Hall–Kier alpha value is -0.420. The molecule has 106 valence electrons. The number of rotatable bonds is 4. The Morgan fingerprint density at radius 2 is 2.26 bits per heavy atom. The molecule has 1 fully saturated rings. The molecule has 1 aliphatic heterocycles. The number of nitrogens with two attached hydrogens (primary N) is 1. The Morgan fingerprint density at radius 3 is 2.79 bits per heavy atom. The van der Waals surface area contributed by atoms with Crippen LogP contribution >= 0.6 is 23.4 Å². The highest BCUT2D eigenvalue weighted by molar-refractivity contribution is 7.98. The van der Waals surface area contributed by atoms with Gasteiger partial charge in [-0.15, -0.1) is 11.8 Å². The molecule has 2 atom stereocenters. The van der Waals surface area contributed by atoms with Crippen molar-refractivity contribution in [3.63, 3.8) is 0 Å². The zero-order chi connectivity index (χ0) is 14.0. The first-order valence-corrected chi connectivity index (χ1v) is 8.02. The molecule has 3 nitrogen and oxygen atoms in total. The zero-order valence-corrected chi connectivity index (χ0v) is 13.2. The SMILES string of the molecule is COc1c(Cl)cc(C2CC(CN)CN2C)cc1SC. The normalized spacial score (nSPS) is 23.8. The molecular weight excluding hydrogens is 280 g/mol. The second kappa shape index (κ2) is 6.35. The van der Waals surface area contributed by atoms with Gasteiger partial charge in [-0.2, -0.15) is 0 Å². The lowest BCUT2D eigenvalue weighted by molar-refractivity contribution is 0.313. The van der Waals surface area contributed by atoms with Gasteiger partial charge in [0.1, 0.15) is 0 Å². The summed E-state index contributed by atoms with van der Waals surface area (Å²) in [4.78, 5) is 3.45. The third kappa shape index (κ3) is 3.02. The second-order valence-electron chi connectivity index (χ2n) is 5.03. The molecule has 1 aromatic carbocycles. The summed E-state index contributed by atoms with van der Waals surface area (Å²) < 4.78 is 5.37. The Kier molecular flexibility index (Phi) is 5.01. The van der Waals surface area contributed by atoms with Crippen molar-refractivity contribution >= 4 is 23.4 Å². The standard InChI is InChI=1S/C14H21ClN2OS/c1-17-8-9(7-16)4-12(17)10-5-11(15)14(18-2)13(6-10)19-3/h5-6,9,12H,4,7-8,16H2,1-3H3. The minimum Gasteiger partial charge on any atom is -0.494 e. The van der Waals surface area contributed by atoms with Gasteiger partial charge >= 0.3 is 0 Å². The Labute approximate surface area is 124 Å². The van der Waals surface area contributed by atoms with Crippen LogP contribution in [0.15, 0.2) is 17.0 Å². The maximum absolute atomic E-state index is 6.33. The molecule has 0 bridgehead atoms. The van der Waals surface area contributed by atoms with Crippen LogP contribution in [0, 0.1) is 5.92 Å². The summed E-state index contributed by atoms with van der Waals surface area (Å²) in [5.74, 6) is 1.35. The molecule has 0 aromatic heterocycles. The zero-order valence-electron chi connectivity index (χ0n) is 11.6. The summed E-state index contributed by atoms with van der Waals surface area (Å²) in [7, 11) is 3.81. The van der Waals surface area contributed by atoms with E-state index in [9.17, 15) is 0 Å². The van der Waals surface area contributed by atoms with Gasteiger partial charge in [-0.05, 0) is 49.9 Å². The number of thioether (sulfide) groups is 1. The van der Waals surface area contributed by atoms with Crippen molar-refractivity contribution in [1.29, 1.82) is 0 Å². The Balaban J connectivity index is 2.33. The first-order valence-electron chi connectivity index (χ1n) is 6.42. The molecule has 2 rings (SSSR count). The molecular formula is C14H21ClN2OS. The van der Waals surface area contributed by atoms with Crippen LogP contribution < -0.4 is 10.5 Å². The van der Waals surface area contributed by atoms with Crippen LogP contribution in [0.1, 0.15) is 18.0 Å². The quantitative estimate of drug-likeness (QED) is 0.868. The molecule has 1 heterocycles. The average Bonchev–Trinajstić information content (AvgIpc) is 2.79. The number of likely N-dealkylation sites (tertiary alicyclic amines) is 1. The van der Waals surface area contributed by atoms with Crippen LogP contribution in [0.2, 0.25) is 5.02 Å². The molecule has 19 heavy (non-hydrogen) atoms. The first-order chi connectivity index (χ1) is 9.10. The van der Waals surface area contributed by atoms with Crippen molar-refractivity contribution < 1.29 is 4.74 Å². The van der Waals surface area contributed by atoms with Crippen molar-refractivity contribution in [2.75, 3.05) is 33.5 Å². The van der Waals surface area contributed by atoms with Gasteiger partial charge in [0, 0.05) is 12.6 Å². The van der Waals surface area contributed by atoms with Crippen molar-refractivity contribution in [2.45, 2.75) is 17.4 Å². The molecule has 0 aliphatic carbocycles. The summed E-state index contributed by atoms with van der Waals surface area (Å²) >= 11 is 7.99. The molecule has 1 aromatic rings. The Bertz CT molecular complexity index is 455. The predicted octanol–water partition coefficient (Wildman–Crippen LogP) is 3.02. The van der Waals surface area contributed by atoms with E-state index >= 15 is 0 Å². The van der Waals surface area contributed by atoms with Crippen molar-refractivity contribution in [2.24, 2.45) is 11.7 Å². The van der Waals surface area contributed by atoms with Gasteiger partial charge in [-0.25, -0.2) is 0 Å². The van der Waals surface area contributed by atoms with E-state index in [0.29, 0.717) is 17.0 Å². The van der Waals surface area contributed by atoms with E-state index in [1.807, 2.05) is 12.3 Å². The van der Waals surface area contributed by atoms with Gasteiger partial charge in [0.2, 0.25) is 0 Å².